The minimum absolute atomic E-state index is 0.892. The number of pyridine rings is 1. The Hall–Kier alpha value is -2.34. The Morgan fingerprint density at radius 3 is 2.82 bits per heavy atom. The first-order valence-corrected chi connectivity index (χ1v) is 5.27. The van der Waals surface area contributed by atoms with E-state index in [4.69, 9.17) is 0 Å². The standard InChI is InChI=1S/C14H13N3/c1-11(2)14-6-7-15-9-13(14)5-4-12-8-16-17(3)10-12/h6-10H,1H2,2-3H3. The third-order valence-electron chi connectivity index (χ3n) is 2.33. The van der Waals surface area contributed by atoms with Crippen LogP contribution in [0.5, 0.6) is 0 Å². The molecule has 0 unspecified atom stereocenters. The molecule has 2 rings (SSSR count). The van der Waals surface area contributed by atoms with Gasteiger partial charge in [-0.05, 0) is 24.1 Å². The maximum Gasteiger partial charge on any atom is 0.0646 e. The topological polar surface area (TPSA) is 30.7 Å². The van der Waals surface area contributed by atoms with Gasteiger partial charge in [-0.3, -0.25) is 9.67 Å². The molecule has 0 aliphatic heterocycles. The molecule has 0 spiro atoms. The summed E-state index contributed by atoms with van der Waals surface area (Å²) in [6.07, 6.45) is 7.13. The Labute approximate surface area is 101 Å². The van der Waals surface area contributed by atoms with Crippen LogP contribution in [0, 0.1) is 11.8 Å². The van der Waals surface area contributed by atoms with Crippen LogP contribution in [0.4, 0.5) is 0 Å². The van der Waals surface area contributed by atoms with E-state index in [1.54, 1.807) is 23.3 Å². The molecular weight excluding hydrogens is 210 g/mol. The van der Waals surface area contributed by atoms with Crippen LogP contribution in [-0.4, -0.2) is 14.8 Å². The lowest BCUT2D eigenvalue weighted by atomic mass is 10.1. The van der Waals surface area contributed by atoms with Crippen LogP contribution in [0.15, 0.2) is 37.4 Å². The lowest BCUT2D eigenvalue weighted by Crippen LogP contribution is -1.87. The van der Waals surface area contributed by atoms with Crippen LogP contribution in [0.1, 0.15) is 23.6 Å². The number of nitrogens with zero attached hydrogens (tertiary/aromatic N) is 3. The van der Waals surface area contributed by atoms with Crippen molar-refractivity contribution in [2.75, 3.05) is 0 Å². The molecule has 17 heavy (non-hydrogen) atoms. The molecule has 0 aromatic carbocycles. The van der Waals surface area contributed by atoms with Gasteiger partial charge in [0.2, 0.25) is 0 Å². The largest absolute Gasteiger partial charge is 0.275 e. The number of aromatic nitrogens is 3. The highest BCUT2D eigenvalue weighted by Gasteiger charge is 1.99. The average molecular weight is 223 g/mol. The van der Waals surface area contributed by atoms with Gasteiger partial charge in [-0.1, -0.05) is 18.4 Å². The molecule has 0 saturated carbocycles. The SMILES string of the molecule is C=C(C)c1ccncc1C#Cc1cnn(C)c1. The van der Waals surface area contributed by atoms with Crippen molar-refractivity contribution in [1.29, 1.82) is 0 Å². The number of aryl methyl sites for hydroxylation is 1. The van der Waals surface area contributed by atoms with Gasteiger partial charge in [-0.15, -0.1) is 0 Å². The second-order valence-corrected chi connectivity index (χ2v) is 3.85. The number of allylic oxidation sites excluding steroid dienone is 1. The fraction of sp³-hybridized carbons (Fsp3) is 0.143. The zero-order valence-corrected chi connectivity index (χ0v) is 9.94. The summed E-state index contributed by atoms with van der Waals surface area (Å²) < 4.78 is 1.73. The van der Waals surface area contributed by atoms with Crippen molar-refractivity contribution in [2.45, 2.75) is 6.92 Å². The zero-order valence-electron chi connectivity index (χ0n) is 9.94. The van der Waals surface area contributed by atoms with Gasteiger partial charge in [-0.2, -0.15) is 5.10 Å². The molecule has 2 aromatic heterocycles. The van der Waals surface area contributed by atoms with Crippen molar-refractivity contribution in [3.8, 4) is 11.8 Å². The fourth-order valence-electron chi connectivity index (χ4n) is 1.49. The van der Waals surface area contributed by atoms with Crippen LogP contribution in [0.2, 0.25) is 0 Å². The number of rotatable bonds is 1. The summed E-state index contributed by atoms with van der Waals surface area (Å²) in [5.74, 6) is 6.16. The van der Waals surface area contributed by atoms with E-state index in [2.05, 4.69) is 28.5 Å². The number of hydrogen-bond acceptors (Lipinski definition) is 2. The van der Waals surface area contributed by atoms with Gasteiger partial charge in [-0.25, -0.2) is 0 Å². The predicted molar refractivity (Wildman–Crippen MR) is 68.1 cm³/mol. The Balaban J connectivity index is 2.37. The van der Waals surface area contributed by atoms with Crippen molar-refractivity contribution in [3.63, 3.8) is 0 Å². The van der Waals surface area contributed by atoms with E-state index >= 15 is 0 Å². The van der Waals surface area contributed by atoms with Crippen LogP contribution in [-0.2, 0) is 7.05 Å². The highest BCUT2D eigenvalue weighted by Crippen LogP contribution is 2.14. The maximum atomic E-state index is 4.08. The van der Waals surface area contributed by atoms with Crippen molar-refractivity contribution < 1.29 is 0 Å². The van der Waals surface area contributed by atoms with Gasteiger partial charge in [0.25, 0.3) is 0 Å². The molecule has 84 valence electrons. The molecule has 2 heterocycles. The molecule has 3 nitrogen and oxygen atoms in total. The van der Waals surface area contributed by atoms with Crippen LogP contribution in [0.3, 0.4) is 0 Å². The van der Waals surface area contributed by atoms with Crippen molar-refractivity contribution in [1.82, 2.24) is 14.8 Å². The Kier molecular flexibility index (Phi) is 3.06. The average Bonchev–Trinajstić information content (AvgIpc) is 2.73. The summed E-state index contributed by atoms with van der Waals surface area (Å²) >= 11 is 0. The quantitative estimate of drug-likeness (QED) is 0.694. The van der Waals surface area contributed by atoms with Crippen molar-refractivity contribution in [2.24, 2.45) is 7.05 Å². The molecule has 0 radical (unpaired) electrons. The van der Waals surface area contributed by atoms with Gasteiger partial charge >= 0.3 is 0 Å². The third kappa shape index (κ3) is 2.61. The molecule has 0 N–H and O–H groups in total. The van der Waals surface area contributed by atoms with Gasteiger partial charge in [0.05, 0.1) is 17.3 Å². The summed E-state index contributed by atoms with van der Waals surface area (Å²) in [7, 11) is 1.87. The van der Waals surface area contributed by atoms with E-state index < -0.39 is 0 Å². The third-order valence-corrected chi connectivity index (χ3v) is 2.33. The first kappa shape index (κ1) is 11.2. The normalized spacial score (nSPS) is 9.53. The van der Waals surface area contributed by atoms with E-state index in [1.165, 1.54) is 0 Å². The second kappa shape index (κ2) is 4.67. The Bertz CT molecular complexity index is 612. The monoisotopic (exact) mass is 223 g/mol. The second-order valence-electron chi connectivity index (χ2n) is 3.85. The summed E-state index contributed by atoms with van der Waals surface area (Å²) in [5, 5.41) is 4.07. The molecule has 0 bridgehead atoms. The van der Waals surface area contributed by atoms with E-state index in [1.807, 2.05) is 26.2 Å². The lowest BCUT2D eigenvalue weighted by molar-refractivity contribution is 0.767. The minimum Gasteiger partial charge on any atom is -0.275 e. The van der Waals surface area contributed by atoms with Crippen molar-refractivity contribution >= 4 is 5.57 Å². The van der Waals surface area contributed by atoms with Gasteiger partial charge < -0.3 is 0 Å². The minimum atomic E-state index is 0.892. The molecule has 0 saturated heterocycles. The van der Waals surface area contributed by atoms with Crippen molar-refractivity contribution in [3.05, 3.63) is 54.1 Å². The summed E-state index contributed by atoms with van der Waals surface area (Å²) in [6, 6.07) is 1.93. The molecule has 0 amide bonds. The summed E-state index contributed by atoms with van der Waals surface area (Å²) in [4.78, 5) is 4.08. The molecule has 0 aliphatic carbocycles. The Morgan fingerprint density at radius 2 is 2.18 bits per heavy atom. The molecule has 0 atom stereocenters. The highest BCUT2D eigenvalue weighted by atomic mass is 15.2. The van der Waals surface area contributed by atoms with Gasteiger partial charge in [0.1, 0.15) is 0 Å². The fourth-order valence-corrected chi connectivity index (χ4v) is 1.49. The Morgan fingerprint density at radius 1 is 1.35 bits per heavy atom. The molecule has 2 aromatic rings. The lowest BCUT2D eigenvalue weighted by Gasteiger charge is -2.01. The highest BCUT2D eigenvalue weighted by molar-refractivity contribution is 5.67. The first-order chi connectivity index (χ1) is 8.16. The maximum absolute atomic E-state index is 4.08. The van der Waals surface area contributed by atoms with E-state index in [0.29, 0.717) is 0 Å². The van der Waals surface area contributed by atoms with Crippen LogP contribution < -0.4 is 0 Å². The van der Waals surface area contributed by atoms with Gasteiger partial charge in [0, 0.05) is 25.6 Å². The summed E-state index contributed by atoms with van der Waals surface area (Å²) in [6.45, 7) is 5.90. The smallest absolute Gasteiger partial charge is 0.0646 e. The number of hydrogen-bond donors (Lipinski definition) is 0. The zero-order chi connectivity index (χ0) is 12.3. The first-order valence-electron chi connectivity index (χ1n) is 5.27. The molecule has 0 fully saturated rings. The van der Waals surface area contributed by atoms with E-state index in [9.17, 15) is 0 Å². The van der Waals surface area contributed by atoms with E-state index in [0.717, 1.165) is 22.3 Å². The van der Waals surface area contributed by atoms with E-state index in [-0.39, 0.29) is 0 Å². The predicted octanol–water partition coefficient (Wildman–Crippen LogP) is 2.25. The van der Waals surface area contributed by atoms with Crippen LogP contribution in [0.25, 0.3) is 5.57 Å². The molecule has 3 heteroatoms. The van der Waals surface area contributed by atoms with Crippen LogP contribution >= 0.6 is 0 Å². The molecular formula is C14H13N3. The van der Waals surface area contributed by atoms with Gasteiger partial charge in [0.15, 0.2) is 0 Å². The molecule has 0 aliphatic rings. The summed E-state index contributed by atoms with van der Waals surface area (Å²) in [5.41, 5.74) is 3.81.